The Labute approximate surface area is 112 Å². The van der Waals surface area contributed by atoms with E-state index in [9.17, 15) is 0 Å². The maximum atomic E-state index is 6.08. The molecular formula is C14H18N4O. The minimum Gasteiger partial charge on any atom is -0.489 e. The number of anilines is 2. The van der Waals surface area contributed by atoms with E-state index >= 15 is 0 Å². The lowest BCUT2D eigenvalue weighted by Crippen LogP contribution is -2.09. The van der Waals surface area contributed by atoms with Gasteiger partial charge in [0, 0.05) is 6.20 Å². The Bertz CT molecular complexity index is 528. The number of nitrogens with zero attached hydrogens (tertiary/aromatic N) is 2. The van der Waals surface area contributed by atoms with Gasteiger partial charge in [0.25, 0.3) is 0 Å². The van der Waals surface area contributed by atoms with E-state index in [2.05, 4.69) is 15.3 Å². The molecule has 0 amide bonds. The minimum absolute atomic E-state index is 0.0967. The van der Waals surface area contributed by atoms with Crippen LogP contribution in [0.1, 0.15) is 19.5 Å². The van der Waals surface area contributed by atoms with Gasteiger partial charge in [-0.05, 0) is 32.0 Å². The van der Waals surface area contributed by atoms with E-state index in [0.29, 0.717) is 18.0 Å². The van der Waals surface area contributed by atoms with Crippen LogP contribution in [0.25, 0.3) is 0 Å². The number of hydrogen-bond acceptors (Lipinski definition) is 5. The molecule has 1 aromatic carbocycles. The van der Waals surface area contributed by atoms with Gasteiger partial charge in [0.15, 0.2) is 0 Å². The van der Waals surface area contributed by atoms with Crippen molar-refractivity contribution in [2.24, 2.45) is 0 Å². The van der Waals surface area contributed by atoms with E-state index in [1.165, 1.54) is 6.33 Å². The van der Waals surface area contributed by atoms with Gasteiger partial charge < -0.3 is 15.8 Å². The molecule has 0 spiro atoms. The maximum absolute atomic E-state index is 6.08. The Balaban J connectivity index is 2.08. The van der Waals surface area contributed by atoms with E-state index in [-0.39, 0.29) is 6.10 Å². The van der Waals surface area contributed by atoms with Gasteiger partial charge >= 0.3 is 0 Å². The molecule has 0 aliphatic heterocycles. The molecule has 1 aromatic heterocycles. The first kappa shape index (κ1) is 13.1. The Morgan fingerprint density at radius 1 is 1.32 bits per heavy atom. The van der Waals surface area contributed by atoms with Crippen molar-refractivity contribution in [3.63, 3.8) is 0 Å². The molecular weight excluding hydrogens is 240 g/mol. The number of rotatable bonds is 5. The lowest BCUT2D eigenvalue weighted by molar-refractivity contribution is 0.244. The minimum atomic E-state index is 0.0967. The van der Waals surface area contributed by atoms with Crippen LogP contribution in [0.4, 0.5) is 11.4 Å². The van der Waals surface area contributed by atoms with Crippen LogP contribution < -0.4 is 15.8 Å². The monoisotopic (exact) mass is 258 g/mol. The molecule has 19 heavy (non-hydrogen) atoms. The molecule has 2 aromatic rings. The number of aromatic nitrogens is 2. The SMILES string of the molecule is CC(C)Oc1cccc(NCc2ccncn2)c1N. The average molecular weight is 258 g/mol. The lowest BCUT2D eigenvalue weighted by Gasteiger charge is -2.15. The second kappa shape index (κ2) is 6.04. The van der Waals surface area contributed by atoms with Crippen molar-refractivity contribution in [2.75, 3.05) is 11.1 Å². The molecule has 0 saturated heterocycles. The smallest absolute Gasteiger partial charge is 0.144 e. The number of benzene rings is 1. The standard InChI is InChI=1S/C14H18N4O/c1-10(2)19-13-5-3-4-12(14(13)15)17-8-11-6-7-16-9-18-11/h3-7,9-10,17H,8,15H2,1-2H3. The second-order valence-electron chi connectivity index (χ2n) is 4.44. The quantitative estimate of drug-likeness (QED) is 0.806. The summed E-state index contributed by atoms with van der Waals surface area (Å²) in [6.45, 7) is 4.54. The van der Waals surface area contributed by atoms with Crippen LogP contribution in [0.2, 0.25) is 0 Å². The Morgan fingerprint density at radius 3 is 2.84 bits per heavy atom. The largest absolute Gasteiger partial charge is 0.489 e. The highest BCUT2D eigenvalue weighted by atomic mass is 16.5. The third-order valence-electron chi connectivity index (χ3n) is 2.53. The second-order valence-corrected chi connectivity index (χ2v) is 4.44. The molecule has 0 aliphatic rings. The van der Waals surface area contributed by atoms with Gasteiger partial charge in [-0.2, -0.15) is 0 Å². The number of ether oxygens (including phenoxy) is 1. The summed E-state index contributed by atoms with van der Waals surface area (Å²) >= 11 is 0. The van der Waals surface area contributed by atoms with Crippen LogP contribution in [0.15, 0.2) is 36.8 Å². The van der Waals surface area contributed by atoms with Gasteiger partial charge in [-0.25, -0.2) is 9.97 Å². The summed E-state index contributed by atoms with van der Waals surface area (Å²) < 4.78 is 5.65. The van der Waals surface area contributed by atoms with Crippen LogP contribution in [0.3, 0.4) is 0 Å². The van der Waals surface area contributed by atoms with E-state index in [0.717, 1.165) is 11.4 Å². The molecule has 0 saturated carbocycles. The number of nitrogens with one attached hydrogen (secondary N) is 1. The van der Waals surface area contributed by atoms with Crippen molar-refractivity contribution in [3.8, 4) is 5.75 Å². The van der Waals surface area contributed by atoms with Gasteiger partial charge in [-0.1, -0.05) is 6.07 Å². The highest BCUT2D eigenvalue weighted by Gasteiger charge is 2.07. The first-order valence-electron chi connectivity index (χ1n) is 6.20. The Kier molecular flexibility index (Phi) is 4.18. The van der Waals surface area contributed by atoms with Crippen LogP contribution in [0.5, 0.6) is 5.75 Å². The Hall–Kier alpha value is -2.30. The van der Waals surface area contributed by atoms with Crippen molar-refractivity contribution in [3.05, 3.63) is 42.5 Å². The van der Waals surface area contributed by atoms with Crippen LogP contribution in [-0.2, 0) is 6.54 Å². The van der Waals surface area contributed by atoms with E-state index in [1.807, 2.05) is 38.1 Å². The first-order chi connectivity index (χ1) is 9.16. The zero-order valence-electron chi connectivity index (χ0n) is 11.1. The molecule has 0 radical (unpaired) electrons. The zero-order chi connectivity index (χ0) is 13.7. The third kappa shape index (κ3) is 3.58. The highest BCUT2D eigenvalue weighted by Crippen LogP contribution is 2.30. The molecule has 1 heterocycles. The fourth-order valence-corrected chi connectivity index (χ4v) is 1.66. The molecule has 0 aliphatic carbocycles. The van der Waals surface area contributed by atoms with E-state index in [1.54, 1.807) is 6.20 Å². The summed E-state index contributed by atoms with van der Waals surface area (Å²) in [4.78, 5) is 8.03. The van der Waals surface area contributed by atoms with Gasteiger partial charge in [0.05, 0.1) is 29.7 Å². The normalized spacial score (nSPS) is 10.5. The summed E-state index contributed by atoms with van der Waals surface area (Å²) in [5, 5.41) is 3.25. The molecule has 0 fully saturated rings. The van der Waals surface area contributed by atoms with Crippen LogP contribution in [0, 0.1) is 0 Å². The topological polar surface area (TPSA) is 73.1 Å². The molecule has 0 unspecified atom stereocenters. The molecule has 5 nitrogen and oxygen atoms in total. The van der Waals surface area contributed by atoms with Crippen molar-refractivity contribution < 1.29 is 4.74 Å². The molecule has 5 heteroatoms. The highest BCUT2D eigenvalue weighted by molar-refractivity contribution is 5.72. The summed E-state index contributed by atoms with van der Waals surface area (Å²) in [5.74, 6) is 0.697. The first-order valence-corrected chi connectivity index (χ1v) is 6.20. The maximum Gasteiger partial charge on any atom is 0.144 e. The molecule has 3 N–H and O–H groups in total. The Morgan fingerprint density at radius 2 is 2.16 bits per heavy atom. The fourth-order valence-electron chi connectivity index (χ4n) is 1.66. The predicted octanol–water partition coefficient (Wildman–Crippen LogP) is 2.46. The number of nitrogen functional groups attached to an aromatic ring is 1. The van der Waals surface area contributed by atoms with E-state index < -0.39 is 0 Å². The zero-order valence-corrected chi connectivity index (χ0v) is 11.1. The predicted molar refractivity (Wildman–Crippen MR) is 76.0 cm³/mol. The van der Waals surface area contributed by atoms with Gasteiger partial charge in [0.1, 0.15) is 12.1 Å². The van der Waals surface area contributed by atoms with Crippen LogP contribution in [-0.4, -0.2) is 16.1 Å². The summed E-state index contributed by atoms with van der Waals surface area (Å²) in [7, 11) is 0. The van der Waals surface area contributed by atoms with Crippen LogP contribution >= 0.6 is 0 Å². The molecule has 0 atom stereocenters. The van der Waals surface area contributed by atoms with Crippen molar-refractivity contribution in [2.45, 2.75) is 26.5 Å². The average Bonchev–Trinajstić information content (AvgIpc) is 2.40. The molecule has 2 rings (SSSR count). The van der Waals surface area contributed by atoms with E-state index in [4.69, 9.17) is 10.5 Å². The van der Waals surface area contributed by atoms with Crippen molar-refractivity contribution in [1.29, 1.82) is 0 Å². The summed E-state index contributed by atoms with van der Waals surface area (Å²) in [6.07, 6.45) is 3.34. The number of nitrogens with two attached hydrogens (primary N) is 1. The van der Waals surface area contributed by atoms with Gasteiger partial charge in [0.2, 0.25) is 0 Å². The number of para-hydroxylation sites is 1. The third-order valence-corrected chi connectivity index (χ3v) is 2.53. The molecule has 0 bridgehead atoms. The van der Waals surface area contributed by atoms with Crippen molar-refractivity contribution >= 4 is 11.4 Å². The number of hydrogen-bond donors (Lipinski definition) is 2. The fraction of sp³-hybridized carbons (Fsp3) is 0.286. The summed E-state index contributed by atoms with van der Waals surface area (Å²) in [5.41, 5.74) is 8.44. The van der Waals surface area contributed by atoms with Gasteiger partial charge in [-0.15, -0.1) is 0 Å². The molecule has 100 valence electrons. The summed E-state index contributed by atoms with van der Waals surface area (Å²) in [6, 6.07) is 7.56. The van der Waals surface area contributed by atoms with Gasteiger partial charge in [-0.3, -0.25) is 0 Å². The lowest BCUT2D eigenvalue weighted by atomic mass is 10.2. The van der Waals surface area contributed by atoms with Crippen molar-refractivity contribution in [1.82, 2.24) is 9.97 Å².